The minimum atomic E-state index is -0.166. The molecule has 0 saturated carbocycles. The second-order valence-electron chi connectivity index (χ2n) is 5.79. The summed E-state index contributed by atoms with van der Waals surface area (Å²) in [6.45, 7) is 7.82. The molecule has 0 radical (unpaired) electrons. The van der Waals surface area contributed by atoms with Crippen molar-refractivity contribution in [1.82, 2.24) is 9.80 Å². The molecule has 0 spiro atoms. The Morgan fingerprint density at radius 1 is 1.32 bits per heavy atom. The van der Waals surface area contributed by atoms with Gasteiger partial charge in [-0.1, -0.05) is 6.92 Å². The molecule has 6 nitrogen and oxygen atoms in total. The SMILES string of the molecule is COC(CN)CC(=O)N1CC(C)C(N2CCOCC2)C1.Cl.Cl. The molecule has 0 bridgehead atoms. The molecule has 8 heteroatoms. The number of nitrogens with two attached hydrogens (primary N) is 1. The summed E-state index contributed by atoms with van der Waals surface area (Å²) in [5.41, 5.74) is 5.58. The fourth-order valence-corrected chi connectivity index (χ4v) is 3.12. The van der Waals surface area contributed by atoms with E-state index in [-0.39, 0.29) is 36.8 Å². The summed E-state index contributed by atoms with van der Waals surface area (Å²) < 4.78 is 10.6. The third-order valence-corrected chi connectivity index (χ3v) is 4.44. The molecule has 22 heavy (non-hydrogen) atoms. The van der Waals surface area contributed by atoms with Gasteiger partial charge in [0.2, 0.25) is 5.91 Å². The summed E-state index contributed by atoms with van der Waals surface area (Å²) in [4.78, 5) is 16.7. The van der Waals surface area contributed by atoms with Gasteiger partial charge in [0.05, 0.1) is 25.7 Å². The van der Waals surface area contributed by atoms with Crippen LogP contribution >= 0.6 is 24.8 Å². The predicted octanol–water partition coefficient (Wildman–Crippen LogP) is 0.373. The highest BCUT2D eigenvalue weighted by atomic mass is 35.5. The minimum absolute atomic E-state index is 0. The number of morpholine rings is 1. The summed E-state index contributed by atoms with van der Waals surface area (Å²) in [5, 5.41) is 0. The van der Waals surface area contributed by atoms with E-state index >= 15 is 0 Å². The first kappa shape index (κ1) is 21.9. The van der Waals surface area contributed by atoms with Crippen LogP contribution in [0.2, 0.25) is 0 Å². The number of rotatable bonds is 5. The zero-order valence-electron chi connectivity index (χ0n) is 13.4. The van der Waals surface area contributed by atoms with Crippen LogP contribution < -0.4 is 5.73 Å². The maximum Gasteiger partial charge on any atom is 0.225 e. The topological polar surface area (TPSA) is 68.0 Å². The smallest absolute Gasteiger partial charge is 0.225 e. The number of methoxy groups -OCH3 is 1. The molecule has 3 atom stereocenters. The lowest BCUT2D eigenvalue weighted by atomic mass is 10.0. The van der Waals surface area contributed by atoms with Crippen molar-refractivity contribution in [1.29, 1.82) is 0 Å². The molecule has 3 unspecified atom stereocenters. The van der Waals surface area contributed by atoms with Crippen LogP contribution in [-0.4, -0.2) is 80.9 Å². The predicted molar refractivity (Wildman–Crippen MR) is 90.9 cm³/mol. The van der Waals surface area contributed by atoms with Crippen LogP contribution in [0, 0.1) is 5.92 Å². The number of carbonyl (C=O) groups excluding carboxylic acids is 1. The summed E-state index contributed by atoms with van der Waals surface area (Å²) in [7, 11) is 1.61. The second kappa shape index (κ2) is 10.6. The normalized spacial score (nSPS) is 27.0. The van der Waals surface area contributed by atoms with Gasteiger partial charge in [-0.2, -0.15) is 0 Å². The Labute approximate surface area is 145 Å². The quantitative estimate of drug-likeness (QED) is 0.769. The number of likely N-dealkylation sites (tertiary alicyclic amines) is 1. The summed E-state index contributed by atoms with van der Waals surface area (Å²) in [6.07, 6.45) is 0.218. The maximum atomic E-state index is 12.3. The van der Waals surface area contributed by atoms with Gasteiger partial charge in [-0.25, -0.2) is 0 Å². The lowest BCUT2D eigenvalue weighted by Crippen LogP contribution is -2.47. The molecule has 0 aromatic heterocycles. The van der Waals surface area contributed by atoms with Gasteiger partial charge in [0, 0.05) is 45.9 Å². The van der Waals surface area contributed by atoms with Gasteiger partial charge in [0.25, 0.3) is 0 Å². The monoisotopic (exact) mass is 357 g/mol. The maximum absolute atomic E-state index is 12.3. The average Bonchev–Trinajstić information content (AvgIpc) is 2.87. The standard InChI is InChI=1S/C14H27N3O3.2ClH/c1-11-9-17(14(18)7-12(8-15)19-2)10-13(11)16-3-5-20-6-4-16;;/h11-13H,3-10,15H2,1-2H3;2*1H. The molecule has 0 aromatic carbocycles. The van der Waals surface area contributed by atoms with E-state index in [0.29, 0.717) is 24.9 Å². The Hall–Kier alpha value is -0.110. The van der Waals surface area contributed by atoms with E-state index in [2.05, 4.69) is 11.8 Å². The number of amides is 1. The molecule has 2 N–H and O–H groups in total. The van der Waals surface area contributed by atoms with Crippen LogP contribution in [0.4, 0.5) is 0 Å². The van der Waals surface area contributed by atoms with Crippen molar-refractivity contribution in [2.24, 2.45) is 11.7 Å². The Bertz CT molecular complexity index is 326. The molecular weight excluding hydrogens is 329 g/mol. The van der Waals surface area contributed by atoms with Gasteiger partial charge in [0.15, 0.2) is 0 Å². The summed E-state index contributed by atoms with van der Waals surface area (Å²) >= 11 is 0. The van der Waals surface area contributed by atoms with E-state index < -0.39 is 0 Å². The van der Waals surface area contributed by atoms with Crippen LogP contribution in [0.1, 0.15) is 13.3 Å². The van der Waals surface area contributed by atoms with Gasteiger partial charge >= 0.3 is 0 Å². The second-order valence-corrected chi connectivity index (χ2v) is 5.79. The van der Waals surface area contributed by atoms with E-state index in [1.165, 1.54) is 0 Å². The first-order valence-corrected chi connectivity index (χ1v) is 7.48. The lowest BCUT2D eigenvalue weighted by molar-refractivity contribution is -0.132. The number of nitrogens with zero attached hydrogens (tertiary/aromatic N) is 2. The van der Waals surface area contributed by atoms with Crippen molar-refractivity contribution in [2.75, 3.05) is 53.0 Å². The molecule has 2 aliphatic heterocycles. The molecule has 2 saturated heterocycles. The zero-order chi connectivity index (χ0) is 14.5. The average molecular weight is 358 g/mol. The first-order chi connectivity index (χ1) is 9.65. The van der Waals surface area contributed by atoms with Crippen molar-refractivity contribution in [3.8, 4) is 0 Å². The fraction of sp³-hybridized carbons (Fsp3) is 0.929. The van der Waals surface area contributed by atoms with Gasteiger partial charge < -0.3 is 20.1 Å². The number of hydrogen-bond donors (Lipinski definition) is 1. The van der Waals surface area contributed by atoms with Crippen molar-refractivity contribution < 1.29 is 14.3 Å². The van der Waals surface area contributed by atoms with E-state index in [1.807, 2.05) is 4.90 Å². The van der Waals surface area contributed by atoms with Gasteiger partial charge in [-0.3, -0.25) is 9.69 Å². The molecular formula is C14H29Cl2N3O3. The zero-order valence-corrected chi connectivity index (χ0v) is 15.0. The van der Waals surface area contributed by atoms with E-state index in [0.717, 1.165) is 39.4 Å². The summed E-state index contributed by atoms with van der Waals surface area (Å²) in [6, 6.07) is 0.460. The highest BCUT2D eigenvalue weighted by Gasteiger charge is 2.36. The number of carbonyl (C=O) groups is 1. The summed E-state index contributed by atoms with van der Waals surface area (Å²) in [5.74, 6) is 0.667. The van der Waals surface area contributed by atoms with Crippen molar-refractivity contribution in [2.45, 2.75) is 25.5 Å². The van der Waals surface area contributed by atoms with Crippen LogP contribution in [0.3, 0.4) is 0 Å². The minimum Gasteiger partial charge on any atom is -0.380 e. The number of hydrogen-bond acceptors (Lipinski definition) is 5. The molecule has 2 rings (SSSR count). The number of halogens is 2. The Morgan fingerprint density at radius 3 is 2.50 bits per heavy atom. The molecule has 132 valence electrons. The van der Waals surface area contributed by atoms with Crippen molar-refractivity contribution in [3.63, 3.8) is 0 Å². The fourth-order valence-electron chi connectivity index (χ4n) is 3.12. The third kappa shape index (κ3) is 5.51. The first-order valence-electron chi connectivity index (χ1n) is 7.48. The van der Waals surface area contributed by atoms with Crippen molar-refractivity contribution >= 4 is 30.7 Å². The highest BCUT2D eigenvalue weighted by Crippen LogP contribution is 2.23. The van der Waals surface area contributed by atoms with Gasteiger partial charge in [-0.05, 0) is 5.92 Å². The van der Waals surface area contributed by atoms with Gasteiger partial charge in [0.1, 0.15) is 0 Å². The Kier molecular flexibility index (Phi) is 10.6. The van der Waals surface area contributed by atoms with Crippen LogP contribution in [0.25, 0.3) is 0 Å². The molecule has 0 aliphatic carbocycles. The van der Waals surface area contributed by atoms with Crippen LogP contribution in [-0.2, 0) is 14.3 Å². The van der Waals surface area contributed by atoms with Gasteiger partial charge in [-0.15, -0.1) is 24.8 Å². The van der Waals surface area contributed by atoms with Crippen LogP contribution in [0.15, 0.2) is 0 Å². The molecule has 1 amide bonds. The third-order valence-electron chi connectivity index (χ3n) is 4.44. The van der Waals surface area contributed by atoms with Crippen molar-refractivity contribution in [3.05, 3.63) is 0 Å². The highest BCUT2D eigenvalue weighted by molar-refractivity contribution is 5.85. The Balaban J connectivity index is 0.00000220. The van der Waals surface area contributed by atoms with Crippen LogP contribution in [0.5, 0.6) is 0 Å². The molecule has 2 heterocycles. The molecule has 2 aliphatic rings. The van der Waals surface area contributed by atoms with E-state index in [4.69, 9.17) is 15.2 Å². The Morgan fingerprint density at radius 2 is 1.95 bits per heavy atom. The lowest BCUT2D eigenvalue weighted by Gasteiger charge is -2.34. The van der Waals surface area contributed by atoms with E-state index in [1.54, 1.807) is 7.11 Å². The van der Waals surface area contributed by atoms with E-state index in [9.17, 15) is 4.79 Å². The number of ether oxygens (including phenoxy) is 2. The largest absolute Gasteiger partial charge is 0.380 e. The molecule has 2 fully saturated rings. The molecule has 0 aromatic rings.